The van der Waals surface area contributed by atoms with Gasteiger partial charge in [0.1, 0.15) is 5.15 Å². The van der Waals surface area contributed by atoms with E-state index in [1.54, 1.807) is 0 Å². The number of aromatic nitrogens is 2. The number of rotatable bonds is 3. The molecule has 0 aliphatic heterocycles. The fourth-order valence-electron chi connectivity index (χ4n) is 1.53. The second-order valence-corrected chi connectivity index (χ2v) is 6.31. The lowest BCUT2D eigenvalue weighted by Gasteiger charge is -2.06. The summed E-state index contributed by atoms with van der Waals surface area (Å²) < 4.78 is 0.731. The Morgan fingerprint density at radius 2 is 2.00 bits per heavy atom. The fraction of sp³-hybridized carbons (Fsp3) is 0.333. The Morgan fingerprint density at radius 3 is 2.59 bits per heavy atom. The van der Waals surface area contributed by atoms with Gasteiger partial charge in [0.05, 0.1) is 9.21 Å². The second-order valence-electron chi connectivity index (χ2n) is 4.21. The average Bonchev–Trinajstić information content (AvgIpc) is 2.62. The number of thiophene rings is 1. The van der Waals surface area contributed by atoms with Gasteiger partial charge in [0.15, 0.2) is 5.82 Å². The highest BCUT2D eigenvalue weighted by Gasteiger charge is 2.09. The molecule has 2 heterocycles. The summed E-state index contributed by atoms with van der Waals surface area (Å²) in [5.41, 5.74) is 0.972. The van der Waals surface area contributed by atoms with Crippen molar-refractivity contribution in [1.29, 1.82) is 0 Å². The molecule has 2 rings (SSSR count). The number of hydrogen-bond donors (Lipinski definition) is 0. The van der Waals surface area contributed by atoms with Crippen molar-refractivity contribution in [2.45, 2.75) is 20.3 Å². The molecule has 2 aromatic rings. The Bertz CT molecular complexity index is 523. The summed E-state index contributed by atoms with van der Waals surface area (Å²) in [4.78, 5) is 9.69. The molecule has 0 unspecified atom stereocenters. The summed E-state index contributed by atoms with van der Waals surface area (Å²) in [6.45, 7) is 4.30. The first-order valence-electron chi connectivity index (χ1n) is 5.34. The molecule has 0 spiro atoms. The lowest BCUT2D eigenvalue weighted by molar-refractivity contribution is 0.634. The number of nitrogens with zero attached hydrogens (tertiary/aromatic N) is 2. The Hall–Kier alpha value is -0.640. The van der Waals surface area contributed by atoms with E-state index in [9.17, 15) is 0 Å². The highest BCUT2D eigenvalue weighted by atomic mass is 35.5. The third-order valence-corrected chi connectivity index (χ3v) is 3.58. The van der Waals surface area contributed by atoms with Crippen molar-refractivity contribution < 1.29 is 0 Å². The van der Waals surface area contributed by atoms with Crippen LogP contribution in [0.25, 0.3) is 10.7 Å². The molecule has 0 atom stereocenters. The van der Waals surface area contributed by atoms with E-state index in [4.69, 9.17) is 23.2 Å². The summed E-state index contributed by atoms with van der Waals surface area (Å²) in [7, 11) is 0. The summed E-state index contributed by atoms with van der Waals surface area (Å²) >= 11 is 13.4. The lowest BCUT2D eigenvalue weighted by atomic mass is 10.1. The molecule has 0 N–H and O–H groups in total. The van der Waals surface area contributed by atoms with Gasteiger partial charge in [0, 0.05) is 5.69 Å². The van der Waals surface area contributed by atoms with Crippen molar-refractivity contribution in [1.82, 2.24) is 9.97 Å². The van der Waals surface area contributed by atoms with E-state index in [-0.39, 0.29) is 0 Å². The maximum Gasteiger partial charge on any atom is 0.171 e. The van der Waals surface area contributed by atoms with Gasteiger partial charge in [-0.15, -0.1) is 11.3 Å². The third-order valence-electron chi connectivity index (χ3n) is 2.16. The third kappa shape index (κ3) is 3.41. The van der Waals surface area contributed by atoms with E-state index in [1.807, 2.05) is 18.2 Å². The minimum Gasteiger partial charge on any atom is -0.232 e. The van der Waals surface area contributed by atoms with Crippen LogP contribution < -0.4 is 0 Å². The monoisotopic (exact) mass is 286 g/mol. The standard InChI is InChI=1S/C12H12Cl2N2S/c1-7(2)5-8-6-10(13)16-12(15-8)9-3-4-11(14)17-9/h3-4,6-7H,5H2,1-2H3. The van der Waals surface area contributed by atoms with Crippen molar-refractivity contribution in [2.24, 2.45) is 5.92 Å². The van der Waals surface area contributed by atoms with Crippen molar-refractivity contribution in [3.63, 3.8) is 0 Å². The maximum atomic E-state index is 6.01. The van der Waals surface area contributed by atoms with Crippen molar-refractivity contribution in [3.8, 4) is 10.7 Å². The summed E-state index contributed by atoms with van der Waals surface area (Å²) in [5.74, 6) is 1.20. The molecule has 0 fully saturated rings. The van der Waals surface area contributed by atoms with Gasteiger partial charge in [-0.25, -0.2) is 9.97 Å². The number of hydrogen-bond acceptors (Lipinski definition) is 3. The molecule has 90 valence electrons. The SMILES string of the molecule is CC(C)Cc1cc(Cl)nc(-c2ccc(Cl)s2)n1. The molecular weight excluding hydrogens is 275 g/mol. The highest BCUT2D eigenvalue weighted by molar-refractivity contribution is 7.19. The van der Waals surface area contributed by atoms with E-state index < -0.39 is 0 Å². The van der Waals surface area contributed by atoms with Crippen molar-refractivity contribution >= 4 is 34.5 Å². The summed E-state index contributed by atoms with van der Waals surface area (Å²) in [6.07, 6.45) is 0.897. The Labute approximate surface area is 115 Å². The van der Waals surface area contributed by atoms with Crippen LogP contribution in [0.3, 0.4) is 0 Å². The van der Waals surface area contributed by atoms with Gasteiger partial charge in [-0.2, -0.15) is 0 Å². The Kier molecular flexibility index (Phi) is 4.02. The van der Waals surface area contributed by atoms with Gasteiger partial charge in [0.25, 0.3) is 0 Å². The van der Waals surface area contributed by atoms with E-state index in [2.05, 4.69) is 23.8 Å². The van der Waals surface area contributed by atoms with Crippen molar-refractivity contribution in [2.75, 3.05) is 0 Å². The summed E-state index contributed by atoms with van der Waals surface area (Å²) in [5, 5.41) is 0.482. The molecule has 0 saturated carbocycles. The second kappa shape index (κ2) is 5.34. The van der Waals surface area contributed by atoms with E-state index in [0.717, 1.165) is 21.3 Å². The van der Waals surface area contributed by atoms with Gasteiger partial charge in [-0.1, -0.05) is 37.0 Å². The predicted octanol–water partition coefficient (Wildman–Crippen LogP) is 4.71. The summed E-state index contributed by atoms with van der Waals surface area (Å²) in [6, 6.07) is 5.58. The minimum absolute atomic E-state index is 0.482. The van der Waals surface area contributed by atoms with Gasteiger partial charge in [-0.05, 0) is 30.5 Å². The van der Waals surface area contributed by atoms with Crippen LogP contribution in [-0.2, 0) is 6.42 Å². The zero-order chi connectivity index (χ0) is 12.4. The largest absolute Gasteiger partial charge is 0.232 e. The first kappa shape index (κ1) is 12.8. The lowest BCUT2D eigenvalue weighted by Crippen LogP contribution is -2.00. The molecule has 0 saturated heterocycles. The fourth-order valence-corrected chi connectivity index (χ4v) is 2.71. The molecule has 17 heavy (non-hydrogen) atoms. The minimum atomic E-state index is 0.482. The van der Waals surface area contributed by atoms with Gasteiger partial charge < -0.3 is 0 Å². The zero-order valence-corrected chi connectivity index (χ0v) is 11.9. The topological polar surface area (TPSA) is 25.8 Å². The molecule has 0 amide bonds. The molecule has 0 aliphatic rings. The smallest absolute Gasteiger partial charge is 0.171 e. The Balaban J connectivity index is 2.37. The van der Waals surface area contributed by atoms with Crippen LogP contribution in [-0.4, -0.2) is 9.97 Å². The first-order valence-corrected chi connectivity index (χ1v) is 6.91. The van der Waals surface area contributed by atoms with Gasteiger partial charge in [-0.3, -0.25) is 0 Å². The molecule has 0 bridgehead atoms. The molecular formula is C12H12Cl2N2S. The van der Waals surface area contributed by atoms with Gasteiger partial charge in [0.2, 0.25) is 0 Å². The molecule has 0 radical (unpaired) electrons. The molecule has 5 heteroatoms. The molecule has 2 aromatic heterocycles. The average molecular weight is 287 g/mol. The van der Waals surface area contributed by atoms with Crippen LogP contribution in [0.1, 0.15) is 19.5 Å². The van der Waals surface area contributed by atoms with Crippen molar-refractivity contribution in [3.05, 3.63) is 33.4 Å². The van der Waals surface area contributed by atoms with E-state index >= 15 is 0 Å². The normalized spacial score (nSPS) is 11.1. The zero-order valence-electron chi connectivity index (χ0n) is 9.58. The predicted molar refractivity (Wildman–Crippen MR) is 73.9 cm³/mol. The molecule has 0 aromatic carbocycles. The van der Waals surface area contributed by atoms with Gasteiger partial charge >= 0.3 is 0 Å². The van der Waals surface area contributed by atoms with Crippen LogP contribution in [0.15, 0.2) is 18.2 Å². The first-order chi connectivity index (χ1) is 8.04. The Morgan fingerprint density at radius 1 is 1.24 bits per heavy atom. The van der Waals surface area contributed by atoms with E-state index in [0.29, 0.717) is 16.9 Å². The van der Waals surface area contributed by atoms with E-state index in [1.165, 1.54) is 11.3 Å². The molecule has 2 nitrogen and oxygen atoms in total. The van der Waals surface area contributed by atoms with Crippen LogP contribution >= 0.6 is 34.5 Å². The molecule has 0 aliphatic carbocycles. The quantitative estimate of drug-likeness (QED) is 0.764. The van der Waals surface area contributed by atoms with Crippen LogP contribution in [0.2, 0.25) is 9.49 Å². The maximum absolute atomic E-state index is 6.01. The van der Waals surface area contributed by atoms with Crippen LogP contribution in [0.4, 0.5) is 0 Å². The van der Waals surface area contributed by atoms with Crippen LogP contribution in [0, 0.1) is 5.92 Å². The number of halogens is 2. The highest BCUT2D eigenvalue weighted by Crippen LogP contribution is 2.29. The van der Waals surface area contributed by atoms with Crippen LogP contribution in [0.5, 0.6) is 0 Å².